The summed E-state index contributed by atoms with van der Waals surface area (Å²) < 4.78 is 5.39. The molecule has 152 valence electrons. The minimum absolute atomic E-state index is 0.0232. The summed E-state index contributed by atoms with van der Waals surface area (Å²) in [7, 11) is 0. The molecule has 2 amide bonds. The van der Waals surface area contributed by atoms with Gasteiger partial charge in [0.15, 0.2) is 6.61 Å². The number of carbonyl (C=O) groups is 2. The van der Waals surface area contributed by atoms with Gasteiger partial charge in [0.05, 0.1) is 17.8 Å². The Morgan fingerprint density at radius 3 is 2.87 bits per heavy atom. The van der Waals surface area contributed by atoms with Crippen LogP contribution in [0.3, 0.4) is 0 Å². The topological polar surface area (TPSA) is 87.3 Å². The summed E-state index contributed by atoms with van der Waals surface area (Å²) in [6.45, 7) is 3.28. The van der Waals surface area contributed by atoms with Gasteiger partial charge in [0.25, 0.3) is 5.91 Å². The molecule has 0 aliphatic carbocycles. The largest absolute Gasteiger partial charge is 0.482 e. The second-order valence-electron chi connectivity index (χ2n) is 7.80. The Morgan fingerprint density at radius 1 is 1.20 bits per heavy atom. The standard InChI is InChI=1S/C23H22N4O3/c1-14-2-5-16(6-3-14)23-17-12-27(9-8-18(17)25-26-23)22(29)11-15-4-7-20-19(10-15)24-21(28)13-30-20/h2-7,10H,8-9,11-13H2,1H3,(H,24,28)(H,25,26). The van der Waals surface area contributed by atoms with E-state index in [9.17, 15) is 9.59 Å². The predicted octanol–water partition coefficient (Wildman–Crippen LogP) is 2.84. The van der Waals surface area contributed by atoms with Gasteiger partial charge in [-0.3, -0.25) is 14.7 Å². The van der Waals surface area contributed by atoms with Crippen molar-refractivity contribution in [3.63, 3.8) is 0 Å². The SMILES string of the molecule is Cc1ccc(-c2n[nH]c3c2CN(C(=O)Cc2ccc4c(c2)NC(=O)CO4)CC3)cc1. The molecule has 0 saturated heterocycles. The Hall–Kier alpha value is -3.61. The lowest BCUT2D eigenvalue weighted by molar-refractivity contribution is -0.131. The molecule has 0 fully saturated rings. The van der Waals surface area contributed by atoms with Crippen LogP contribution in [-0.2, 0) is 29.0 Å². The number of rotatable bonds is 3. The zero-order chi connectivity index (χ0) is 20.7. The van der Waals surface area contributed by atoms with Gasteiger partial charge >= 0.3 is 0 Å². The lowest BCUT2D eigenvalue weighted by Gasteiger charge is -2.27. The fourth-order valence-electron chi connectivity index (χ4n) is 3.98. The number of nitrogens with one attached hydrogen (secondary N) is 2. The lowest BCUT2D eigenvalue weighted by atomic mass is 9.99. The van der Waals surface area contributed by atoms with Crippen LogP contribution in [0.15, 0.2) is 42.5 Å². The third kappa shape index (κ3) is 3.43. The van der Waals surface area contributed by atoms with E-state index in [4.69, 9.17) is 4.74 Å². The number of aromatic nitrogens is 2. The van der Waals surface area contributed by atoms with Gasteiger partial charge in [-0.25, -0.2) is 0 Å². The second-order valence-corrected chi connectivity index (χ2v) is 7.80. The summed E-state index contributed by atoms with van der Waals surface area (Å²) in [4.78, 5) is 26.4. The number of hydrogen-bond acceptors (Lipinski definition) is 4. The molecule has 0 spiro atoms. The van der Waals surface area contributed by atoms with Crippen LogP contribution in [0.1, 0.15) is 22.4 Å². The minimum atomic E-state index is -0.182. The van der Waals surface area contributed by atoms with Gasteiger partial charge in [-0.05, 0) is 24.6 Å². The van der Waals surface area contributed by atoms with Crippen LogP contribution < -0.4 is 10.1 Å². The quantitative estimate of drug-likeness (QED) is 0.705. The summed E-state index contributed by atoms with van der Waals surface area (Å²) >= 11 is 0. The first-order valence-corrected chi connectivity index (χ1v) is 10.0. The number of amides is 2. The maximum Gasteiger partial charge on any atom is 0.262 e. The number of benzene rings is 2. The van der Waals surface area contributed by atoms with E-state index in [1.165, 1.54) is 5.56 Å². The van der Waals surface area contributed by atoms with Crippen molar-refractivity contribution in [2.24, 2.45) is 0 Å². The van der Waals surface area contributed by atoms with E-state index in [2.05, 4.69) is 46.7 Å². The molecular weight excluding hydrogens is 380 g/mol. The average molecular weight is 402 g/mol. The summed E-state index contributed by atoms with van der Waals surface area (Å²) in [5, 5.41) is 10.4. The van der Waals surface area contributed by atoms with E-state index < -0.39 is 0 Å². The number of nitrogens with zero attached hydrogens (tertiary/aromatic N) is 2. The Bertz CT molecular complexity index is 1130. The van der Waals surface area contributed by atoms with Crippen molar-refractivity contribution in [2.75, 3.05) is 18.5 Å². The Morgan fingerprint density at radius 2 is 2.03 bits per heavy atom. The van der Waals surface area contributed by atoms with Crippen molar-refractivity contribution >= 4 is 17.5 Å². The fraction of sp³-hybridized carbons (Fsp3) is 0.261. The van der Waals surface area contributed by atoms with Crippen LogP contribution in [0.25, 0.3) is 11.3 Å². The molecule has 7 nitrogen and oxygen atoms in total. The predicted molar refractivity (Wildman–Crippen MR) is 112 cm³/mol. The third-order valence-electron chi connectivity index (χ3n) is 5.64. The number of carbonyl (C=O) groups excluding carboxylic acids is 2. The summed E-state index contributed by atoms with van der Waals surface area (Å²) in [5.74, 6) is 0.507. The molecule has 7 heteroatoms. The first kappa shape index (κ1) is 18.4. The van der Waals surface area contributed by atoms with Crippen molar-refractivity contribution in [3.05, 3.63) is 64.8 Å². The van der Waals surface area contributed by atoms with Gasteiger partial charge < -0.3 is 15.0 Å². The van der Waals surface area contributed by atoms with Crippen LogP contribution >= 0.6 is 0 Å². The number of H-pyrrole nitrogens is 1. The van der Waals surface area contributed by atoms with E-state index in [0.29, 0.717) is 24.5 Å². The van der Waals surface area contributed by atoms with Crippen molar-refractivity contribution in [3.8, 4) is 17.0 Å². The maximum absolute atomic E-state index is 13.0. The highest BCUT2D eigenvalue weighted by atomic mass is 16.5. The number of anilines is 1. The smallest absolute Gasteiger partial charge is 0.262 e. The van der Waals surface area contributed by atoms with Gasteiger partial charge in [-0.2, -0.15) is 5.10 Å². The molecule has 0 bridgehead atoms. The highest BCUT2D eigenvalue weighted by Crippen LogP contribution is 2.30. The number of aryl methyl sites for hydroxylation is 1. The van der Waals surface area contributed by atoms with Gasteiger partial charge in [0.2, 0.25) is 5.91 Å². The minimum Gasteiger partial charge on any atom is -0.482 e. The molecule has 1 aromatic heterocycles. The zero-order valence-corrected chi connectivity index (χ0v) is 16.7. The van der Waals surface area contributed by atoms with Crippen LogP contribution in [0.5, 0.6) is 5.75 Å². The molecule has 2 aromatic carbocycles. The normalized spacial score (nSPS) is 15.1. The van der Waals surface area contributed by atoms with Crippen molar-refractivity contribution in [2.45, 2.75) is 26.3 Å². The first-order chi connectivity index (χ1) is 14.6. The van der Waals surface area contributed by atoms with Gasteiger partial charge in [-0.15, -0.1) is 0 Å². The first-order valence-electron chi connectivity index (χ1n) is 10.0. The Kier molecular flexibility index (Phi) is 4.50. The molecule has 5 rings (SSSR count). The van der Waals surface area contributed by atoms with Crippen molar-refractivity contribution in [1.82, 2.24) is 15.1 Å². The molecular formula is C23H22N4O3. The van der Waals surface area contributed by atoms with E-state index in [1.54, 1.807) is 6.07 Å². The zero-order valence-electron chi connectivity index (χ0n) is 16.7. The van der Waals surface area contributed by atoms with Crippen LogP contribution in [0.2, 0.25) is 0 Å². The monoisotopic (exact) mass is 402 g/mol. The van der Waals surface area contributed by atoms with Gasteiger partial charge in [0, 0.05) is 36.3 Å². The lowest BCUT2D eigenvalue weighted by Crippen LogP contribution is -2.37. The van der Waals surface area contributed by atoms with Crippen LogP contribution in [-0.4, -0.2) is 40.1 Å². The maximum atomic E-state index is 13.0. The molecule has 0 atom stereocenters. The van der Waals surface area contributed by atoms with Crippen molar-refractivity contribution < 1.29 is 14.3 Å². The molecule has 30 heavy (non-hydrogen) atoms. The molecule has 3 aromatic rings. The molecule has 2 aliphatic heterocycles. The van der Waals surface area contributed by atoms with Gasteiger partial charge in [-0.1, -0.05) is 35.9 Å². The number of aromatic amines is 1. The molecule has 2 aliphatic rings. The average Bonchev–Trinajstić information content (AvgIpc) is 3.17. The Balaban J connectivity index is 1.33. The van der Waals surface area contributed by atoms with E-state index >= 15 is 0 Å². The molecule has 0 saturated carbocycles. The summed E-state index contributed by atoms with van der Waals surface area (Å²) in [6.07, 6.45) is 1.03. The van der Waals surface area contributed by atoms with E-state index in [1.807, 2.05) is 17.0 Å². The number of ether oxygens (including phenoxy) is 1. The molecule has 3 heterocycles. The van der Waals surface area contributed by atoms with Crippen molar-refractivity contribution in [1.29, 1.82) is 0 Å². The van der Waals surface area contributed by atoms with Gasteiger partial charge in [0.1, 0.15) is 5.75 Å². The number of fused-ring (bicyclic) bond motifs is 2. The van der Waals surface area contributed by atoms with Crippen LogP contribution in [0.4, 0.5) is 5.69 Å². The third-order valence-corrected chi connectivity index (χ3v) is 5.64. The summed E-state index contributed by atoms with van der Waals surface area (Å²) in [6, 6.07) is 13.8. The Labute approximate surface area is 174 Å². The molecule has 0 unspecified atom stereocenters. The summed E-state index contributed by atoms with van der Waals surface area (Å²) in [5.41, 5.74) is 6.82. The second kappa shape index (κ2) is 7.33. The van der Waals surface area contributed by atoms with E-state index in [0.717, 1.165) is 34.5 Å². The fourth-order valence-corrected chi connectivity index (χ4v) is 3.98. The molecule has 2 N–H and O–H groups in total. The number of hydrogen-bond donors (Lipinski definition) is 2. The van der Waals surface area contributed by atoms with Crippen LogP contribution in [0, 0.1) is 6.92 Å². The highest BCUT2D eigenvalue weighted by molar-refractivity contribution is 5.95. The molecule has 0 radical (unpaired) electrons. The highest BCUT2D eigenvalue weighted by Gasteiger charge is 2.26. The van der Waals surface area contributed by atoms with E-state index in [-0.39, 0.29) is 24.8 Å².